The van der Waals surface area contributed by atoms with Crippen molar-refractivity contribution in [3.63, 3.8) is 0 Å². The summed E-state index contributed by atoms with van der Waals surface area (Å²) in [5, 5.41) is 4.01. The van der Waals surface area contributed by atoms with Crippen molar-refractivity contribution < 1.29 is 4.39 Å². The quantitative estimate of drug-likeness (QED) is 0.749. The maximum atomic E-state index is 13.0. The molecule has 1 fully saturated rings. The van der Waals surface area contributed by atoms with Crippen LogP contribution in [0.1, 0.15) is 24.0 Å². The van der Waals surface area contributed by atoms with Crippen molar-refractivity contribution in [1.29, 1.82) is 0 Å². The average Bonchev–Trinajstić information content (AvgIpc) is 3.29. The zero-order valence-electron chi connectivity index (χ0n) is 11.6. The molecule has 1 saturated carbocycles. The molecule has 0 unspecified atom stereocenters. The third-order valence-corrected chi connectivity index (χ3v) is 4.87. The lowest BCUT2D eigenvalue weighted by atomic mass is 10.2. The van der Waals surface area contributed by atoms with E-state index in [9.17, 15) is 4.39 Å². The molecule has 1 aliphatic carbocycles. The molecule has 110 valence electrons. The van der Waals surface area contributed by atoms with Gasteiger partial charge in [0.2, 0.25) is 0 Å². The summed E-state index contributed by atoms with van der Waals surface area (Å²) in [6.45, 7) is 0.927. The molecule has 2 aromatic rings. The summed E-state index contributed by atoms with van der Waals surface area (Å²) >= 11 is 7.78. The average molecular weight is 322 g/mol. The minimum absolute atomic E-state index is 0.290. The van der Waals surface area contributed by atoms with Gasteiger partial charge in [-0.05, 0) is 48.2 Å². The summed E-state index contributed by atoms with van der Waals surface area (Å²) in [4.78, 5) is 1.21. The summed E-state index contributed by atoms with van der Waals surface area (Å²) in [5.41, 5.74) is 2.27. The molecule has 0 aliphatic heterocycles. The van der Waals surface area contributed by atoms with Crippen LogP contribution in [0.15, 0.2) is 47.4 Å². The number of halogens is 2. The van der Waals surface area contributed by atoms with Crippen molar-refractivity contribution in [2.75, 3.05) is 0 Å². The van der Waals surface area contributed by atoms with Crippen molar-refractivity contribution in [2.45, 2.75) is 36.1 Å². The van der Waals surface area contributed by atoms with Gasteiger partial charge in [0, 0.05) is 28.3 Å². The van der Waals surface area contributed by atoms with Crippen LogP contribution < -0.4 is 5.32 Å². The summed E-state index contributed by atoms with van der Waals surface area (Å²) < 4.78 is 13.0. The Kier molecular flexibility index (Phi) is 4.84. The Bertz CT molecular complexity index is 628. The van der Waals surface area contributed by atoms with E-state index in [0.29, 0.717) is 5.02 Å². The first-order chi connectivity index (χ1) is 10.2. The fourth-order valence-corrected chi connectivity index (χ4v) is 3.39. The maximum Gasteiger partial charge on any atom is 0.124 e. The van der Waals surface area contributed by atoms with Crippen LogP contribution in [0.5, 0.6) is 0 Å². The number of nitrogens with one attached hydrogen (secondary N) is 1. The van der Waals surface area contributed by atoms with Crippen LogP contribution in [0.2, 0.25) is 5.02 Å². The van der Waals surface area contributed by atoms with Gasteiger partial charge in [-0.25, -0.2) is 4.39 Å². The second-order valence-corrected chi connectivity index (χ2v) is 6.78. The number of rotatable bonds is 6. The van der Waals surface area contributed by atoms with Crippen molar-refractivity contribution in [2.24, 2.45) is 0 Å². The fourth-order valence-electron chi connectivity index (χ4n) is 2.09. The minimum Gasteiger partial charge on any atom is -0.310 e. The molecule has 0 aromatic heterocycles. The Morgan fingerprint density at radius 1 is 1.19 bits per heavy atom. The topological polar surface area (TPSA) is 12.0 Å². The Morgan fingerprint density at radius 2 is 2.05 bits per heavy atom. The molecule has 0 spiro atoms. The lowest BCUT2D eigenvalue weighted by molar-refractivity contribution is 0.627. The monoisotopic (exact) mass is 321 g/mol. The largest absolute Gasteiger partial charge is 0.310 e. The molecule has 0 heterocycles. The van der Waals surface area contributed by atoms with Crippen LogP contribution in [0.25, 0.3) is 0 Å². The molecule has 0 radical (unpaired) electrons. The number of thioether (sulfide) groups is 1. The first-order valence-corrected chi connectivity index (χ1v) is 8.46. The molecule has 3 rings (SSSR count). The first kappa shape index (κ1) is 14.9. The van der Waals surface area contributed by atoms with Gasteiger partial charge in [-0.1, -0.05) is 29.8 Å². The van der Waals surface area contributed by atoms with Crippen molar-refractivity contribution in [3.8, 4) is 0 Å². The predicted molar refractivity (Wildman–Crippen MR) is 87.3 cm³/mol. The standard InChI is InChI=1S/C17H17ClFNS/c18-17-9-14(19)5-4-13(17)11-21-16-3-1-2-12(8-16)10-20-15-6-7-15/h1-5,8-9,15,20H,6-7,10-11H2. The zero-order valence-corrected chi connectivity index (χ0v) is 13.2. The van der Waals surface area contributed by atoms with Crippen molar-refractivity contribution in [3.05, 3.63) is 64.4 Å². The van der Waals surface area contributed by atoms with E-state index in [1.165, 1.54) is 35.4 Å². The summed E-state index contributed by atoms with van der Waals surface area (Å²) in [6, 6.07) is 13.8. The van der Waals surface area contributed by atoms with Gasteiger partial charge in [0.25, 0.3) is 0 Å². The summed E-state index contributed by atoms with van der Waals surface area (Å²) in [6.07, 6.45) is 2.61. The second kappa shape index (κ2) is 6.82. The highest BCUT2D eigenvalue weighted by molar-refractivity contribution is 7.98. The Balaban J connectivity index is 1.60. The van der Waals surface area contributed by atoms with Crippen molar-refractivity contribution in [1.82, 2.24) is 5.32 Å². The Morgan fingerprint density at radius 3 is 2.81 bits per heavy atom. The highest BCUT2D eigenvalue weighted by Gasteiger charge is 2.19. The molecule has 1 aliphatic rings. The molecule has 1 nitrogen and oxygen atoms in total. The van der Waals surface area contributed by atoms with Gasteiger partial charge in [0.05, 0.1) is 0 Å². The van der Waals surface area contributed by atoms with Crippen molar-refractivity contribution >= 4 is 23.4 Å². The van der Waals surface area contributed by atoms with Gasteiger partial charge in [0.15, 0.2) is 0 Å². The molecular formula is C17H17ClFNS. The van der Waals surface area contributed by atoms with Gasteiger partial charge in [-0.15, -0.1) is 11.8 Å². The van der Waals surface area contributed by atoms with Crippen LogP contribution in [0.4, 0.5) is 4.39 Å². The molecule has 0 amide bonds. The normalized spacial score (nSPS) is 14.4. The van der Waals surface area contributed by atoms with Gasteiger partial charge in [0.1, 0.15) is 5.82 Å². The molecule has 4 heteroatoms. The highest BCUT2D eigenvalue weighted by atomic mass is 35.5. The maximum absolute atomic E-state index is 13.0. The molecule has 0 saturated heterocycles. The lowest BCUT2D eigenvalue weighted by Gasteiger charge is -2.07. The minimum atomic E-state index is -0.290. The molecule has 0 bridgehead atoms. The summed E-state index contributed by atoms with van der Waals surface area (Å²) in [7, 11) is 0. The number of hydrogen-bond donors (Lipinski definition) is 1. The van der Waals surface area contributed by atoms with Gasteiger partial charge >= 0.3 is 0 Å². The third kappa shape index (κ3) is 4.47. The Hall–Kier alpha value is -1.03. The first-order valence-electron chi connectivity index (χ1n) is 7.10. The van der Waals surface area contributed by atoms with Gasteiger partial charge < -0.3 is 5.32 Å². The van der Waals surface area contributed by atoms with Gasteiger partial charge in [-0.2, -0.15) is 0 Å². The second-order valence-electron chi connectivity index (χ2n) is 5.33. The van der Waals surface area contributed by atoms with Crippen LogP contribution in [0.3, 0.4) is 0 Å². The molecular weight excluding hydrogens is 305 g/mol. The van der Waals surface area contributed by atoms with Crippen LogP contribution >= 0.6 is 23.4 Å². The van der Waals surface area contributed by atoms with E-state index in [0.717, 1.165) is 23.9 Å². The smallest absolute Gasteiger partial charge is 0.124 e. The van der Waals surface area contributed by atoms with E-state index in [4.69, 9.17) is 11.6 Å². The zero-order chi connectivity index (χ0) is 14.7. The SMILES string of the molecule is Fc1ccc(CSc2cccc(CNC3CC3)c2)c(Cl)c1. The number of hydrogen-bond acceptors (Lipinski definition) is 2. The van der Waals surface area contributed by atoms with E-state index in [1.54, 1.807) is 17.8 Å². The van der Waals surface area contributed by atoms with E-state index in [-0.39, 0.29) is 5.82 Å². The van der Waals surface area contributed by atoms with Crippen LogP contribution in [-0.2, 0) is 12.3 Å². The molecule has 21 heavy (non-hydrogen) atoms. The summed E-state index contributed by atoms with van der Waals surface area (Å²) in [5.74, 6) is 0.459. The third-order valence-electron chi connectivity index (χ3n) is 3.48. The van der Waals surface area contributed by atoms with E-state index < -0.39 is 0 Å². The van der Waals surface area contributed by atoms with Crippen LogP contribution in [0, 0.1) is 5.82 Å². The van der Waals surface area contributed by atoms with Gasteiger partial charge in [-0.3, -0.25) is 0 Å². The number of benzene rings is 2. The van der Waals surface area contributed by atoms with E-state index >= 15 is 0 Å². The predicted octanol–water partition coefficient (Wildman–Crippen LogP) is 5.02. The lowest BCUT2D eigenvalue weighted by Crippen LogP contribution is -2.15. The molecule has 2 aromatic carbocycles. The molecule has 0 atom stereocenters. The van der Waals surface area contributed by atoms with E-state index in [1.807, 2.05) is 0 Å². The molecule has 1 N–H and O–H groups in total. The fraction of sp³-hybridized carbons (Fsp3) is 0.294. The highest BCUT2D eigenvalue weighted by Crippen LogP contribution is 2.28. The van der Waals surface area contributed by atoms with Crippen LogP contribution in [-0.4, -0.2) is 6.04 Å². The van der Waals surface area contributed by atoms with E-state index in [2.05, 4.69) is 29.6 Å². The Labute approximate surface area is 133 Å².